The molecular weight excluding hydrogens is 373 g/mol. The Balaban J connectivity index is 1.98. The minimum absolute atomic E-state index is 0.0951. The number of rotatable bonds is 4. The van der Waals surface area contributed by atoms with Gasteiger partial charge in [-0.25, -0.2) is 19.9 Å². The van der Waals surface area contributed by atoms with E-state index in [1.54, 1.807) is 0 Å². The summed E-state index contributed by atoms with van der Waals surface area (Å²) in [6.45, 7) is 4.97. The molecule has 2 heterocycles. The minimum atomic E-state index is -4.39. The van der Waals surface area contributed by atoms with Crippen LogP contribution in [0.3, 0.4) is 0 Å². The predicted molar refractivity (Wildman–Crippen MR) is 83.1 cm³/mol. The number of alkyl halides is 3. The molecule has 8 heteroatoms. The van der Waals surface area contributed by atoms with Crippen LogP contribution in [-0.4, -0.2) is 26.1 Å². The van der Waals surface area contributed by atoms with Crippen LogP contribution < -0.4 is 0 Å². The van der Waals surface area contributed by atoms with E-state index in [-0.39, 0.29) is 12.8 Å². The van der Waals surface area contributed by atoms with Crippen molar-refractivity contribution in [1.29, 1.82) is 0 Å². The van der Waals surface area contributed by atoms with Gasteiger partial charge in [-0.3, -0.25) is 0 Å². The summed E-state index contributed by atoms with van der Waals surface area (Å²) in [6, 6.07) is 0. The molecule has 3 rings (SSSR count). The molecule has 0 unspecified atom stereocenters. The van der Waals surface area contributed by atoms with Gasteiger partial charge in [-0.05, 0) is 48.5 Å². The van der Waals surface area contributed by atoms with Crippen LogP contribution in [-0.2, 0) is 6.42 Å². The molecule has 0 N–H and O–H groups in total. The van der Waals surface area contributed by atoms with Gasteiger partial charge in [-0.2, -0.15) is 13.2 Å². The highest BCUT2D eigenvalue weighted by molar-refractivity contribution is 9.10. The Morgan fingerprint density at radius 1 is 1.22 bits per heavy atom. The third kappa shape index (κ3) is 3.52. The first kappa shape index (κ1) is 16.3. The average Bonchev–Trinajstić information content (AvgIpc) is 3.26. The van der Waals surface area contributed by atoms with Crippen LogP contribution in [0.15, 0.2) is 16.9 Å². The summed E-state index contributed by atoms with van der Waals surface area (Å²) in [7, 11) is 0. The zero-order valence-corrected chi connectivity index (χ0v) is 14.0. The highest BCUT2D eigenvalue weighted by Gasteiger charge is 2.32. The van der Waals surface area contributed by atoms with Gasteiger partial charge >= 0.3 is 6.18 Å². The molecule has 0 atom stereocenters. The Kier molecular flexibility index (Phi) is 4.12. The molecule has 1 aliphatic carbocycles. The minimum Gasteiger partial charge on any atom is -0.245 e. The zero-order chi connectivity index (χ0) is 16.8. The monoisotopic (exact) mass is 386 g/mol. The van der Waals surface area contributed by atoms with Crippen molar-refractivity contribution < 1.29 is 13.2 Å². The molecule has 0 aliphatic heterocycles. The van der Waals surface area contributed by atoms with Gasteiger partial charge in [-0.1, -0.05) is 6.58 Å². The van der Waals surface area contributed by atoms with Crippen LogP contribution in [0, 0.1) is 6.92 Å². The Bertz CT molecular complexity index is 784. The smallest absolute Gasteiger partial charge is 0.245 e. The number of halogens is 4. The van der Waals surface area contributed by atoms with Gasteiger partial charge in [0.1, 0.15) is 5.52 Å². The molecule has 1 fully saturated rings. The van der Waals surface area contributed by atoms with E-state index >= 15 is 0 Å². The van der Waals surface area contributed by atoms with Crippen LogP contribution in [0.5, 0.6) is 0 Å². The number of hydrogen-bond acceptors (Lipinski definition) is 4. The second-order valence-corrected chi connectivity index (χ2v) is 6.39. The van der Waals surface area contributed by atoms with Crippen molar-refractivity contribution in [3.8, 4) is 0 Å². The van der Waals surface area contributed by atoms with Crippen molar-refractivity contribution in [2.75, 3.05) is 0 Å². The maximum absolute atomic E-state index is 12.6. The zero-order valence-electron chi connectivity index (χ0n) is 12.4. The first-order chi connectivity index (χ1) is 10.8. The lowest BCUT2D eigenvalue weighted by atomic mass is 10.1. The van der Waals surface area contributed by atoms with E-state index in [0.717, 1.165) is 24.2 Å². The number of allylic oxidation sites excluding steroid dienone is 1. The quantitative estimate of drug-likeness (QED) is 0.576. The normalized spacial score (nSPS) is 15.2. The van der Waals surface area contributed by atoms with Gasteiger partial charge in [0.25, 0.3) is 0 Å². The third-order valence-electron chi connectivity index (χ3n) is 3.82. The predicted octanol–water partition coefficient (Wildman–Crippen LogP) is 4.42. The summed E-state index contributed by atoms with van der Waals surface area (Å²) < 4.78 is 38.1. The fourth-order valence-corrected chi connectivity index (χ4v) is 2.78. The molecule has 122 valence electrons. The van der Waals surface area contributed by atoms with Gasteiger partial charge in [0.2, 0.25) is 0 Å². The number of fused-ring (bicyclic) bond motifs is 1. The molecule has 0 spiro atoms. The lowest BCUT2D eigenvalue weighted by Gasteiger charge is -2.11. The topological polar surface area (TPSA) is 51.6 Å². The van der Waals surface area contributed by atoms with Crippen molar-refractivity contribution >= 4 is 27.1 Å². The van der Waals surface area contributed by atoms with E-state index in [1.807, 2.05) is 6.92 Å². The molecule has 0 radical (unpaired) electrons. The number of nitrogens with zero attached hydrogens (tertiary/aromatic N) is 4. The van der Waals surface area contributed by atoms with E-state index in [9.17, 15) is 13.2 Å². The molecule has 4 nitrogen and oxygen atoms in total. The Labute approximate surface area is 139 Å². The molecule has 2 aromatic heterocycles. The number of aryl methyl sites for hydroxylation is 2. The number of aromatic nitrogens is 4. The van der Waals surface area contributed by atoms with E-state index in [1.165, 1.54) is 0 Å². The van der Waals surface area contributed by atoms with E-state index in [0.29, 0.717) is 27.5 Å². The van der Waals surface area contributed by atoms with Gasteiger partial charge in [0.15, 0.2) is 10.4 Å². The van der Waals surface area contributed by atoms with E-state index in [4.69, 9.17) is 0 Å². The Hall–Kier alpha value is -1.57. The number of hydrogen-bond donors (Lipinski definition) is 0. The summed E-state index contributed by atoms with van der Waals surface area (Å²) in [5.74, 6) is 0.397. The van der Waals surface area contributed by atoms with Gasteiger partial charge in [0.05, 0.1) is 17.1 Å². The fraction of sp³-hybridized carbons (Fsp3) is 0.467. The summed E-state index contributed by atoms with van der Waals surface area (Å²) in [5.41, 5.74) is 2.29. The summed E-state index contributed by atoms with van der Waals surface area (Å²) in [4.78, 5) is 17.4. The average molecular weight is 387 g/mol. The van der Waals surface area contributed by atoms with E-state index < -0.39 is 11.7 Å². The van der Waals surface area contributed by atoms with Crippen molar-refractivity contribution in [3.05, 3.63) is 34.0 Å². The van der Waals surface area contributed by atoms with Crippen molar-refractivity contribution in [2.24, 2.45) is 0 Å². The molecule has 1 saturated carbocycles. The largest absolute Gasteiger partial charge is 0.412 e. The molecule has 1 aliphatic rings. The molecule has 23 heavy (non-hydrogen) atoms. The summed E-state index contributed by atoms with van der Waals surface area (Å²) in [6.07, 6.45) is -2.38. The molecule has 0 bridgehead atoms. The molecule has 0 saturated heterocycles. The second-order valence-electron chi connectivity index (χ2n) is 5.68. The standard InChI is InChI=1S/C15H14BrF3N4/c1-7(15(17,18)19)3-6-10-12-13(23-14(16)21-10)20-8(2)11(22-12)9-4-5-9/h9H,1,3-6H2,2H3. The lowest BCUT2D eigenvalue weighted by Crippen LogP contribution is -2.12. The summed E-state index contributed by atoms with van der Waals surface area (Å²) >= 11 is 3.18. The SMILES string of the molecule is C=C(CCc1nc(Br)nc2nc(C)c(C3CC3)nc12)C(F)(F)F. The van der Waals surface area contributed by atoms with Crippen molar-refractivity contribution in [2.45, 2.75) is 44.7 Å². The van der Waals surface area contributed by atoms with Crippen LogP contribution >= 0.6 is 15.9 Å². The third-order valence-corrected chi connectivity index (χ3v) is 4.17. The highest BCUT2D eigenvalue weighted by Crippen LogP contribution is 2.40. The van der Waals surface area contributed by atoms with Crippen molar-refractivity contribution in [3.63, 3.8) is 0 Å². The maximum atomic E-state index is 12.6. The van der Waals surface area contributed by atoms with Gasteiger partial charge < -0.3 is 0 Å². The molecule has 0 amide bonds. The molecule has 0 aromatic carbocycles. The van der Waals surface area contributed by atoms with Crippen LogP contribution in [0.25, 0.3) is 11.2 Å². The van der Waals surface area contributed by atoms with E-state index in [2.05, 4.69) is 42.4 Å². The maximum Gasteiger partial charge on any atom is 0.412 e. The molecular formula is C15H14BrF3N4. The highest BCUT2D eigenvalue weighted by atomic mass is 79.9. The Morgan fingerprint density at radius 2 is 1.91 bits per heavy atom. The second kappa shape index (κ2) is 5.81. The first-order valence-corrected chi connectivity index (χ1v) is 8.00. The van der Waals surface area contributed by atoms with Crippen molar-refractivity contribution in [1.82, 2.24) is 19.9 Å². The van der Waals surface area contributed by atoms with Crippen LogP contribution in [0.1, 0.15) is 42.3 Å². The van der Waals surface area contributed by atoms with Crippen LogP contribution in [0.4, 0.5) is 13.2 Å². The fourth-order valence-electron chi connectivity index (χ4n) is 2.40. The van der Waals surface area contributed by atoms with Gasteiger partial charge in [0, 0.05) is 11.5 Å². The first-order valence-electron chi connectivity index (χ1n) is 7.21. The van der Waals surface area contributed by atoms with Gasteiger partial charge in [-0.15, -0.1) is 0 Å². The Morgan fingerprint density at radius 3 is 2.52 bits per heavy atom. The molecule has 2 aromatic rings. The van der Waals surface area contributed by atoms with Crippen LogP contribution in [0.2, 0.25) is 0 Å². The summed E-state index contributed by atoms with van der Waals surface area (Å²) in [5, 5.41) is 0. The lowest BCUT2D eigenvalue weighted by molar-refractivity contribution is -0.0935.